The van der Waals surface area contributed by atoms with E-state index < -0.39 is 0 Å². The molecular formula is C20H39N. The third-order valence-corrected chi connectivity index (χ3v) is 6.32. The standard InChI is InChI=1S/C20H39N/c1-4-12-21-15-19-11-10-18(16(2)3)14-20(19)13-17-8-6-5-7-9-17/h16-21H,4-15H2,1-3H3. The minimum absolute atomic E-state index is 0.892. The molecule has 1 N–H and O–H groups in total. The van der Waals surface area contributed by atoms with E-state index in [9.17, 15) is 0 Å². The predicted octanol–water partition coefficient (Wildman–Crippen LogP) is 5.64. The Hall–Kier alpha value is -0.0400. The maximum Gasteiger partial charge on any atom is -0.00179 e. The van der Waals surface area contributed by atoms with Crippen molar-refractivity contribution in [2.45, 2.75) is 85.0 Å². The van der Waals surface area contributed by atoms with Gasteiger partial charge >= 0.3 is 0 Å². The Labute approximate surface area is 133 Å². The Kier molecular flexibility index (Phi) is 7.57. The van der Waals surface area contributed by atoms with Gasteiger partial charge in [-0.15, -0.1) is 0 Å². The largest absolute Gasteiger partial charge is 0.316 e. The van der Waals surface area contributed by atoms with E-state index in [1.165, 1.54) is 70.9 Å². The van der Waals surface area contributed by atoms with Crippen molar-refractivity contribution in [2.75, 3.05) is 13.1 Å². The fraction of sp³-hybridized carbons (Fsp3) is 1.00. The zero-order valence-electron chi connectivity index (χ0n) is 14.9. The van der Waals surface area contributed by atoms with Gasteiger partial charge in [0.2, 0.25) is 0 Å². The molecule has 0 aliphatic heterocycles. The van der Waals surface area contributed by atoms with Crippen LogP contribution < -0.4 is 5.32 Å². The van der Waals surface area contributed by atoms with Gasteiger partial charge in [-0.3, -0.25) is 0 Å². The summed E-state index contributed by atoms with van der Waals surface area (Å²) in [5, 5.41) is 3.72. The predicted molar refractivity (Wildman–Crippen MR) is 93.5 cm³/mol. The summed E-state index contributed by atoms with van der Waals surface area (Å²) >= 11 is 0. The van der Waals surface area contributed by atoms with Gasteiger partial charge in [-0.1, -0.05) is 52.9 Å². The number of hydrogen-bond acceptors (Lipinski definition) is 1. The number of rotatable bonds is 7. The van der Waals surface area contributed by atoms with Crippen LogP contribution in [0, 0.1) is 29.6 Å². The van der Waals surface area contributed by atoms with Crippen LogP contribution in [0.2, 0.25) is 0 Å². The molecule has 2 rings (SSSR count). The van der Waals surface area contributed by atoms with Gasteiger partial charge in [-0.2, -0.15) is 0 Å². The van der Waals surface area contributed by atoms with E-state index in [1.54, 1.807) is 6.42 Å². The zero-order valence-corrected chi connectivity index (χ0v) is 14.9. The fourth-order valence-corrected chi connectivity index (χ4v) is 4.84. The van der Waals surface area contributed by atoms with Crippen LogP contribution in [0.4, 0.5) is 0 Å². The summed E-state index contributed by atoms with van der Waals surface area (Å²) in [7, 11) is 0. The molecule has 3 atom stereocenters. The van der Waals surface area contributed by atoms with E-state index in [0.717, 1.165) is 29.6 Å². The summed E-state index contributed by atoms with van der Waals surface area (Å²) < 4.78 is 0. The Morgan fingerprint density at radius 2 is 1.71 bits per heavy atom. The second-order valence-electron chi connectivity index (χ2n) is 8.28. The first-order chi connectivity index (χ1) is 10.2. The van der Waals surface area contributed by atoms with Gasteiger partial charge in [0.25, 0.3) is 0 Å². The van der Waals surface area contributed by atoms with Crippen molar-refractivity contribution >= 4 is 0 Å². The highest BCUT2D eigenvalue weighted by atomic mass is 14.9. The van der Waals surface area contributed by atoms with Crippen molar-refractivity contribution in [2.24, 2.45) is 29.6 Å². The summed E-state index contributed by atoms with van der Waals surface area (Å²) in [4.78, 5) is 0. The van der Waals surface area contributed by atoms with E-state index in [1.807, 2.05) is 0 Å². The molecule has 0 aromatic heterocycles. The van der Waals surface area contributed by atoms with Crippen LogP contribution >= 0.6 is 0 Å². The van der Waals surface area contributed by atoms with E-state index >= 15 is 0 Å². The molecule has 1 nitrogen and oxygen atoms in total. The van der Waals surface area contributed by atoms with Crippen LogP contribution in [0.5, 0.6) is 0 Å². The lowest BCUT2D eigenvalue weighted by Crippen LogP contribution is -2.35. The normalized spacial score (nSPS) is 31.7. The second kappa shape index (κ2) is 9.18. The van der Waals surface area contributed by atoms with Crippen LogP contribution in [0.25, 0.3) is 0 Å². The molecular weight excluding hydrogens is 254 g/mol. The molecule has 0 aromatic carbocycles. The fourth-order valence-electron chi connectivity index (χ4n) is 4.84. The highest BCUT2D eigenvalue weighted by molar-refractivity contribution is 4.85. The third-order valence-electron chi connectivity index (χ3n) is 6.32. The van der Waals surface area contributed by atoms with Crippen LogP contribution in [0.1, 0.15) is 85.0 Å². The molecule has 21 heavy (non-hydrogen) atoms. The van der Waals surface area contributed by atoms with Gasteiger partial charge in [0.1, 0.15) is 0 Å². The van der Waals surface area contributed by atoms with Crippen molar-refractivity contribution in [3.63, 3.8) is 0 Å². The van der Waals surface area contributed by atoms with Crippen molar-refractivity contribution in [3.8, 4) is 0 Å². The molecule has 2 fully saturated rings. The Balaban J connectivity index is 1.87. The lowest BCUT2D eigenvalue weighted by Gasteiger charge is -2.40. The molecule has 1 heteroatoms. The molecule has 0 heterocycles. The Morgan fingerprint density at radius 3 is 2.38 bits per heavy atom. The summed E-state index contributed by atoms with van der Waals surface area (Å²) in [5.41, 5.74) is 0. The van der Waals surface area contributed by atoms with E-state index in [-0.39, 0.29) is 0 Å². The Morgan fingerprint density at radius 1 is 0.952 bits per heavy atom. The molecule has 124 valence electrons. The molecule has 2 aliphatic rings. The maximum absolute atomic E-state index is 3.72. The summed E-state index contributed by atoms with van der Waals surface area (Å²) in [6.07, 6.45) is 14.9. The molecule has 3 unspecified atom stereocenters. The lowest BCUT2D eigenvalue weighted by molar-refractivity contribution is 0.115. The van der Waals surface area contributed by atoms with Crippen molar-refractivity contribution < 1.29 is 0 Å². The van der Waals surface area contributed by atoms with Gasteiger partial charge < -0.3 is 5.32 Å². The third kappa shape index (κ3) is 5.58. The molecule has 0 bridgehead atoms. The van der Waals surface area contributed by atoms with Crippen LogP contribution in [-0.2, 0) is 0 Å². The quantitative estimate of drug-likeness (QED) is 0.598. The zero-order chi connectivity index (χ0) is 15.1. The number of hydrogen-bond donors (Lipinski definition) is 1. The van der Waals surface area contributed by atoms with Crippen LogP contribution in [-0.4, -0.2) is 13.1 Å². The minimum atomic E-state index is 0.892. The van der Waals surface area contributed by atoms with E-state index in [0.29, 0.717) is 0 Å². The first-order valence-electron chi connectivity index (χ1n) is 9.91. The Bertz CT molecular complexity index is 267. The molecule has 0 aromatic rings. The van der Waals surface area contributed by atoms with Gasteiger partial charge in [-0.05, 0) is 74.8 Å². The molecule has 0 radical (unpaired) electrons. The maximum atomic E-state index is 3.72. The smallest absolute Gasteiger partial charge is 0.00179 e. The molecule has 2 aliphatic carbocycles. The molecule has 0 spiro atoms. The van der Waals surface area contributed by atoms with Gasteiger partial charge in [-0.25, -0.2) is 0 Å². The van der Waals surface area contributed by atoms with Gasteiger partial charge in [0.15, 0.2) is 0 Å². The van der Waals surface area contributed by atoms with Gasteiger partial charge in [0, 0.05) is 0 Å². The average Bonchev–Trinajstić information content (AvgIpc) is 2.50. The minimum Gasteiger partial charge on any atom is -0.316 e. The number of nitrogens with one attached hydrogen (secondary N) is 1. The van der Waals surface area contributed by atoms with Crippen molar-refractivity contribution in [1.29, 1.82) is 0 Å². The summed E-state index contributed by atoms with van der Waals surface area (Å²) in [6.45, 7) is 9.66. The lowest BCUT2D eigenvalue weighted by atomic mass is 9.67. The van der Waals surface area contributed by atoms with Crippen molar-refractivity contribution in [1.82, 2.24) is 5.32 Å². The van der Waals surface area contributed by atoms with Crippen LogP contribution in [0.3, 0.4) is 0 Å². The summed E-state index contributed by atoms with van der Waals surface area (Å²) in [6, 6.07) is 0. The monoisotopic (exact) mass is 293 g/mol. The first kappa shape index (κ1) is 17.3. The first-order valence-corrected chi connectivity index (χ1v) is 9.91. The molecule has 0 amide bonds. The van der Waals surface area contributed by atoms with E-state index in [4.69, 9.17) is 0 Å². The second-order valence-corrected chi connectivity index (χ2v) is 8.28. The highest BCUT2D eigenvalue weighted by Crippen LogP contribution is 2.42. The van der Waals surface area contributed by atoms with E-state index in [2.05, 4.69) is 26.1 Å². The van der Waals surface area contributed by atoms with Gasteiger partial charge in [0.05, 0.1) is 0 Å². The average molecular weight is 294 g/mol. The van der Waals surface area contributed by atoms with Crippen LogP contribution in [0.15, 0.2) is 0 Å². The SMILES string of the molecule is CCCNCC1CCC(C(C)C)CC1CC1CCCCC1. The highest BCUT2D eigenvalue weighted by Gasteiger charge is 2.33. The summed E-state index contributed by atoms with van der Waals surface area (Å²) in [5.74, 6) is 4.93. The topological polar surface area (TPSA) is 12.0 Å². The molecule has 0 saturated heterocycles. The van der Waals surface area contributed by atoms with Crippen molar-refractivity contribution in [3.05, 3.63) is 0 Å². The molecule has 2 saturated carbocycles.